The van der Waals surface area contributed by atoms with Crippen molar-refractivity contribution in [2.75, 3.05) is 4.90 Å². The van der Waals surface area contributed by atoms with Crippen LogP contribution in [0.1, 0.15) is 34.1 Å². The molecule has 0 saturated carbocycles. The van der Waals surface area contributed by atoms with Gasteiger partial charge in [0.15, 0.2) is 0 Å². The Balaban J connectivity index is 2.31. The lowest BCUT2D eigenvalue weighted by molar-refractivity contribution is 0.389. The van der Waals surface area contributed by atoms with Crippen molar-refractivity contribution < 1.29 is 0 Å². The molecule has 1 aromatic carbocycles. The highest BCUT2D eigenvalue weighted by Crippen LogP contribution is 2.46. The van der Waals surface area contributed by atoms with Crippen LogP contribution >= 0.6 is 0 Å². The number of benzene rings is 1. The summed E-state index contributed by atoms with van der Waals surface area (Å²) < 4.78 is 0. The van der Waals surface area contributed by atoms with Crippen molar-refractivity contribution in [2.24, 2.45) is 5.41 Å². The molecule has 0 amide bonds. The van der Waals surface area contributed by atoms with E-state index in [-0.39, 0.29) is 11.0 Å². The first kappa shape index (κ1) is 10.5. The van der Waals surface area contributed by atoms with Crippen LogP contribution < -0.4 is 4.90 Å². The minimum absolute atomic E-state index is 0.171. The Bertz CT molecular complexity index is 338. The van der Waals surface area contributed by atoms with Crippen LogP contribution in [-0.4, -0.2) is 5.54 Å². The van der Waals surface area contributed by atoms with Crippen LogP contribution in [-0.2, 0) is 0 Å². The van der Waals surface area contributed by atoms with Gasteiger partial charge in [0.2, 0.25) is 0 Å². The third-order valence-corrected chi connectivity index (χ3v) is 2.91. The molecule has 0 bridgehead atoms. The van der Waals surface area contributed by atoms with Crippen LogP contribution in [0.5, 0.6) is 0 Å². The number of hydrogen-bond donors (Lipinski definition) is 0. The van der Waals surface area contributed by atoms with E-state index in [1.807, 2.05) is 0 Å². The zero-order chi connectivity index (χ0) is 11.1. The molecule has 1 nitrogen and oxygen atoms in total. The van der Waals surface area contributed by atoms with Gasteiger partial charge in [-0.15, -0.1) is 0 Å². The predicted molar refractivity (Wildman–Crippen MR) is 64.6 cm³/mol. The minimum atomic E-state index is 0.171. The third kappa shape index (κ3) is 2.01. The van der Waals surface area contributed by atoms with Gasteiger partial charge in [0.1, 0.15) is 0 Å². The largest absolute Gasteiger partial charge is 0.355 e. The van der Waals surface area contributed by atoms with Crippen molar-refractivity contribution in [3.63, 3.8) is 0 Å². The Labute approximate surface area is 93.1 Å². The average Bonchev–Trinajstić information content (AvgIpc) is 2.36. The Morgan fingerprint density at radius 2 is 1.67 bits per heavy atom. The third-order valence-electron chi connectivity index (χ3n) is 2.91. The fraction of sp³-hybridized carbons (Fsp3) is 0.500. The lowest BCUT2D eigenvalue weighted by Gasteiger charge is -2.32. The molecule has 0 atom stereocenters. The van der Waals surface area contributed by atoms with Crippen molar-refractivity contribution in [3.05, 3.63) is 36.9 Å². The second-order valence-corrected chi connectivity index (χ2v) is 5.66. The Morgan fingerprint density at radius 3 is 2.13 bits per heavy atom. The first-order valence-electron chi connectivity index (χ1n) is 5.54. The summed E-state index contributed by atoms with van der Waals surface area (Å²) in [4.78, 5) is 2.28. The molecule has 1 heteroatoms. The monoisotopic (exact) mass is 201 g/mol. The zero-order valence-electron chi connectivity index (χ0n) is 10.0. The lowest BCUT2D eigenvalue weighted by Crippen LogP contribution is -2.36. The van der Waals surface area contributed by atoms with Crippen molar-refractivity contribution in [3.8, 4) is 0 Å². The molecule has 1 saturated heterocycles. The molecule has 15 heavy (non-hydrogen) atoms. The van der Waals surface area contributed by atoms with Gasteiger partial charge >= 0.3 is 0 Å². The van der Waals surface area contributed by atoms with Crippen molar-refractivity contribution >= 4 is 5.69 Å². The van der Waals surface area contributed by atoms with Gasteiger partial charge in [-0.3, -0.25) is 0 Å². The topological polar surface area (TPSA) is 3.24 Å². The van der Waals surface area contributed by atoms with E-state index in [0.717, 1.165) is 6.42 Å². The second kappa shape index (κ2) is 3.26. The number of para-hydroxylation sites is 1. The molecular formula is C14H19N. The molecule has 1 fully saturated rings. The van der Waals surface area contributed by atoms with E-state index in [0.29, 0.717) is 0 Å². The number of rotatable bonds is 1. The smallest absolute Gasteiger partial charge is 0.0980 e. The van der Waals surface area contributed by atoms with Gasteiger partial charge in [0.25, 0.3) is 0 Å². The van der Waals surface area contributed by atoms with Gasteiger partial charge in [0.05, 0.1) is 6.54 Å². The molecule has 0 aliphatic carbocycles. The Morgan fingerprint density at radius 1 is 1.07 bits per heavy atom. The predicted octanol–water partition coefficient (Wildman–Crippen LogP) is 3.74. The molecule has 1 aliphatic rings. The van der Waals surface area contributed by atoms with E-state index in [1.54, 1.807) is 0 Å². The summed E-state index contributed by atoms with van der Waals surface area (Å²) in [5.74, 6) is 0. The quantitative estimate of drug-likeness (QED) is 0.669. The van der Waals surface area contributed by atoms with Crippen LogP contribution in [0.4, 0.5) is 5.69 Å². The molecule has 1 aliphatic heterocycles. The van der Waals surface area contributed by atoms with Crippen LogP contribution in [0.15, 0.2) is 30.3 Å². The van der Waals surface area contributed by atoms with E-state index in [1.165, 1.54) is 5.69 Å². The number of anilines is 1. The fourth-order valence-corrected chi connectivity index (χ4v) is 2.65. The fourth-order valence-electron chi connectivity index (χ4n) is 2.65. The summed E-state index contributed by atoms with van der Waals surface area (Å²) in [6, 6.07) is 10.5. The second-order valence-electron chi connectivity index (χ2n) is 5.66. The first-order chi connectivity index (χ1) is 6.91. The summed E-state index contributed by atoms with van der Waals surface area (Å²) in [6.45, 7) is 12.6. The molecular weight excluding hydrogens is 182 g/mol. The highest BCUT2D eigenvalue weighted by atomic mass is 15.2. The Kier molecular flexibility index (Phi) is 2.29. The number of hydrogen-bond acceptors (Lipinski definition) is 1. The van der Waals surface area contributed by atoms with Gasteiger partial charge < -0.3 is 4.90 Å². The van der Waals surface area contributed by atoms with Crippen LogP contribution in [0.25, 0.3) is 0 Å². The molecule has 1 heterocycles. The van der Waals surface area contributed by atoms with Gasteiger partial charge in [-0.2, -0.15) is 0 Å². The van der Waals surface area contributed by atoms with Crippen molar-refractivity contribution in [2.45, 2.75) is 39.7 Å². The molecule has 0 N–H and O–H groups in total. The summed E-state index contributed by atoms with van der Waals surface area (Å²) in [5, 5.41) is 0. The van der Waals surface area contributed by atoms with Crippen molar-refractivity contribution in [1.82, 2.24) is 0 Å². The molecule has 0 spiro atoms. The van der Waals surface area contributed by atoms with Gasteiger partial charge in [0, 0.05) is 11.2 Å². The minimum Gasteiger partial charge on any atom is -0.355 e. The van der Waals surface area contributed by atoms with Gasteiger partial charge in [-0.05, 0) is 37.8 Å². The van der Waals surface area contributed by atoms with Gasteiger partial charge in [-0.25, -0.2) is 0 Å². The van der Waals surface area contributed by atoms with E-state index in [9.17, 15) is 0 Å². The SMILES string of the molecule is CC1(C)[C]N(c2ccccc2)C(C)(C)C1. The number of nitrogens with zero attached hydrogens (tertiary/aromatic N) is 1. The standard InChI is InChI=1S/C14H19N/c1-13(2)10-14(3,4)15(11-13)12-8-6-5-7-9-12/h5-9H,10H2,1-4H3. The van der Waals surface area contributed by atoms with Crippen LogP contribution in [0.2, 0.25) is 0 Å². The highest BCUT2D eigenvalue weighted by Gasteiger charge is 2.43. The molecule has 2 rings (SSSR count). The Hall–Kier alpha value is -0.980. The molecule has 0 aromatic heterocycles. The zero-order valence-corrected chi connectivity index (χ0v) is 10.0. The van der Waals surface area contributed by atoms with Crippen molar-refractivity contribution in [1.29, 1.82) is 0 Å². The lowest BCUT2D eigenvalue weighted by atomic mass is 9.86. The van der Waals surface area contributed by atoms with Crippen LogP contribution in [0, 0.1) is 12.0 Å². The normalized spacial score (nSPS) is 23.1. The van der Waals surface area contributed by atoms with E-state index in [2.05, 4.69) is 69.5 Å². The summed E-state index contributed by atoms with van der Waals surface area (Å²) in [6.07, 6.45) is 1.15. The summed E-state index contributed by atoms with van der Waals surface area (Å²) >= 11 is 0. The average molecular weight is 201 g/mol. The highest BCUT2D eigenvalue weighted by molar-refractivity contribution is 5.53. The van der Waals surface area contributed by atoms with Crippen LogP contribution in [0.3, 0.4) is 0 Å². The van der Waals surface area contributed by atoms with E-state index in [4.69, 9.17) is 0 Å². The van der Waals surface area contributed by atoms with E-state index >= 15 is 0 Å². The molecule has 0 unspecified atom stereocenters. The molecule has 1 aromatic rings. The van der Waals surface area contributed by atoms with Gasteiger partial charge in [-0.1, -0.05) is 32.0 Å². The molecule has 80 valence electrons. The maximum absolute atomic E-state index is 3.57. The summed E-state index contributed by atoms with van der Waals surface area (Å²) in [5.41, 5.74) is 1.59. The van der Waals surface area contributed by atoms with E-state index < -0.39 is 0 Å². The maximum Gasteiger partial charge on any atom is 0.0980 e. The summed E-state index contributed by atoms with van der Waals surface area (Å²) in [7, 11) is 0. The molecule has 2 radical (unpaired) electrons. The maximum atomic E-state index is 3.57. The first-order valence-corrected chi connectivity index (χ1v) is 5.54.